The van der Waals surface area contributed by atoms with Crippen LogP contribution in [0, 0.1) is 0 Å². The minimum absolute atomic E-state index is 0.349. The molecule has 5 heteroatoms. The number of benzene rings is 4. The van der Waals surface area contributed by atoms with E-state index in [4.69, 9.17) is 23.7 Å². The highest BCUT2D eigenvalue weighted by Crippen LogP contribution is 2.34. The van der Waals surface area contributed by atoms with Crippen LogP contribution in [0.4, 0.5) is 0 Å². The molecule has 1 aliphatic heterocycles. The van der Waals surface area contributed by atoms with E-state index in [9.17, 15) is 0 Å². The Morgan fingerprint density at radius 2 is 0.929 bits per heavy atom. The van der Waals surface area contributed by atoms with Crippen LogP contribution < -0.4 is 0 Å². The second kappa shape index (κ2) is 15.5. The molecule has 0 N–H and O–H groups in total. The molecule has 0 bridgehead atoms. The van der Waals surface area contributed by atoms with Gasteiger partial charge in [-0.25, -0.2) is 0 Å². The predicted octanol–water partition coefficient (Wildman–Crippen LogP) is 7.65. The van der Waals surface area contributed by atoms with Crippen molar-refractivity contribution in [1.82, 2.24) is 0 Å². The van der Waals surface area contributed by atoms with Crippen LogP contribution in [0.1, 0.15) is 36.1 Å². The Morgan fingerprint density at radius 3 is 1.38 bits per heavy atom. The van der Waals surface area contributed by atoms with Gasteiger partial charge in [0.1, 0.15) is 24.1 Å². The molecule has 1 heterocycles. The molecule has 0 radical (unpaired) electrons. The van der Waals surface area contributed by atoms with Gasteiger partial charge in [0.15, 0.2) is 6.10 Å². The third-order valence-electron chi connectivity index (χ3n) is 7.25. The highest BCUT2D eigenvalue weighted by atomic mass is 16.6. The highest BCUT2D eigenvalue weighted by molar-refractivity contribution is 5.20. The standard InChI is InChI=1S/C37H40O5/c1-28(2)34-36(40-25-31-19-11-5-12-20-31)37(41-26-32-21-13-6-14-22-32)35(39-24-30-17-9-4-10-18-30)33(42-34)27-38-23-29-15-7-3-8-16-29/h3-22,33,35-37H,23-27H2,1-2H3/t33-,35+,36+,37+/m1/s1. The summed E-state index contributed by atoms with van der Waals surface area (Å²) in [5, 5.41) is 0. The SMILES string of the molecule is CC(C)=C1O[C@H](COCc2ccccc2)[C@H](OCc2ccccc2)[C@H](OCc2ccccc2)[C@H]1OCc1ccccc1. The summed E-state index contributed by atoms with van der Waals surface area (Å²) in [5.74, 6) is 0.775. The summed E-state index contributed by atoms with van der Waals surface area (Å²) in [6.45, 7) is 6.21. The van der Waals surface area contributed by atoms with Gasteiger partial charge in [-0.05, 0) is 41.7 Å². The molecule has 4 aromatic carbocycles. The lowest BCUT2D eigenvalue weighted by molar-refractivity contribution is -0.223. The molecule has 0 unspecified atom stereocenters. The van der Waals surface area contributed by atoms with Crippen LogP contribution in [0.5, 0.6) is 0 Å². The Hall–Kier alpha value is -3.74. The first-order chi connectivity index (χ1) is 20.7. The summed E-state index contributed by atoms with van der Waals surface area (Å²) in [6.07, 6.45) is -1.71. The van der Waals surface area contributed by atoms with Crippen molar-refractivity contribution in [2.75, 3.05) is 6.61 Å². The van der Waals surface area contributed by atoms with Gasteiger partial charge in [-0.1, -0.05) is 121 Å². The van der Waals surface area contributed by atoms with E-state index >= 15 is 0 Å². The maximum Gasteiger partial charge on any atom is 0.150 e. The van der Waals surface area contributed by atoms with Crippen molar-refractivity contribution in [3.63, 3.8) is 0 Å². The number of allylic oxidation sites excluding steroid dienone is 1. The van der Waals surface area contributed by atoms with Gasteiger partial charge in [0.2, 0.25) is 0 Å². The van der Waals surface area contributed by atoms with E-state index in [1.54, 1.807) is 0 Å². The molecular formula is C37H40O5. The summed E-state index contributed by atoms with van der Waals surface area (Å²) in [4.78, 5) is 0. The van der Waals surface area contributed by atoms with Crippen molar-refractivity contribution in [1.29, 1.82) is 0 Å². The van der Waals surface area contributed by atoms with Gasteiger partial charge in [-0.15, -0.1) is 0 Å². The molecule has 4 atom stereocenters. The maximum atomic E-state index is 6.73. The van der Waals surface area contributed by atoms with Gasteiger partial charge in [-0.2, -0.15) is 0 Å². The fourth-order valence-electron chi connectivity index (χ4n) is 5.08. The molecule has 5 rings (SSSR count). The molecular weight excluding hydrogens is 524 g/mol. The Balaban J connectivity index is 1.42. The van der Waals surface area contributed by atoms with Crippen molar-refractivity contribution in [2.45, 2.75) is 64.7 Å². The van der Waals surface area contributed by atoms with Crippen molar-refractivity contribution in [3.05, 3.63) is 155 Å². The van der Waals surface area contributed by atoms with Gasteiger partial charge in [0, 0.05) is 0 Å². The van der Waals surface area contributed by atoms with Gasteiger partial charge >= 0.3 is 0 Å². The van der Waals surface area contributed by atoms with E-state index in [2.05, 4.69) is 62.4 Å². The van der Waals surface area contributed by atoms with E-state index in [0.29, 0.717) is 33.0 Å². The van der Waals surface area contributed by atoms with Crippen LogP contribution in [0.15, 0.2) is 133 Å². The fraction of sp³-hybridized carbons (Fsp3) is 0.297. The number of rotatable bonds is 13. The van der Waals surface area contributed by atoms with Crippen LogP contribution in [0.25, 0.3) is 0 Å². The summed E-state index contributed by atoms with van der Waals surface area (Å²) < 4.78 is 32.9. The second-order valence-corrected chi connectivity index (χ2v) is 10.8. The number of ether oxygens (including phenoxy) is 5. The lowest BCUT2D eigenvalue weighted by Crippen LogP contribution is -2.56. The monoisotopic (exact) mass is 564 g/mol. The number of hydrogen-bond donors (Lipinski definition) is 0. The van der Waals surface area contributed by atoms with Crippen molar-refractivity contribution in [2.24, 2.45) is 0 Å². The molecule has 0 spiro atoms. The highest BCUT2D eigenvalue weighted by Gasteiger charge is 2.47. The Bertz CT molecular complexity index is 1350. The smallest absolute Gasteiger partial charge is 0.150 e. The minimum atomic E-state index is -0.454. The van der Waals surface area contributed by atoms with Crippen LogP contribution in [-0.4, -0.2) is 31.0 Å². The lowest BCUT2D eigenvalue weighted by Gasteiger charge is -2.44. The maximum absolute atomic E-state index is 6.73. The zero-order chi connectivity index (χ0) is 29.0. The van der Waals surface area contributed by atoms with Gasteiger partial charge < -0.3 is 23.7 Å². The molecule has 4 aromatic rings. The molecule has 5 nitrogen and oxygen atoms in total. The van der Waals surface area contributed by atoms with E-state index in [1.165, 1.54) is 0 Å². The zero-order valence-corrected chi connectivity index (χ0v) is 24.4. The number of hydrogen-bond acceptors (Lipinski definition) is 5. The normalized spacial score (nSPS) is 20.2. The molecule has 218 valence electrons. The summed E-state index contributed by atoms with van der Waals surface area (Å²) in [5.41, 5.74) is 5.40. The average Bonchev–Trinajstić information content (AvgIpc) is 3.04. The molecule has 1 aliphatic rings. The van der Waals surface area contributed by atoms with E-state index in [1.807, 2.05) is 72.8 Å². The molecule has 0 saturated carbocycles. The quantitative estimate of drug-likeness (QED) is 0.167. The molecule has 1 saturated heterocycles. The Labute approximate surface area is 249 Å². The van der Waals surface area contributed by atoms with Crippen molar-refractivity contribution < 1.29 is 23.7 Å². The van der Waals surface area contributed by atoms with Crippen LogP contribution in [0.2, 0.25) is 0 Å². The summed E-state index contributed by atoms with van der Waals surface area (Å²) in [7, 11) is 0. The topological polar surface area (TPSA) is 46.2 Å². The van der Waals surface area contributed by atoms with Crippen molar-refractivity contribution >= 4 is 0 Å². The van der Waals surface area contributed by atoms with Gasteiger partial charge in [-0.3, -0.25) is 0 Å². The molecule has 42 heavy (non-hydrogen) atoms. The molecule has 0 amide bonds. The zero-order valence-electron chi connectivity index (χ0n) is 24.4. The third-order valence-corrected chi connectivity index (χ3v) is 7.25. The molecule has 0 aliphatic carbocycles. The van der Waals surface area contributed by atoms with E-state index in [0.717, 1.165) is 33.6 Å². The first-order valence-corrected chi connectivity index (χ1v) is 14.6. The van der Waals surface area contributed by atoms with Gasteiger partial charge in [0.25, 0.3) is 0 Å². The largest absolute Gasteiger partial charge is 0.487 e. The first-order valence-electron chi connectivity index (χ1n) is 14.6. The summed E-state index contributed by atoms with van der Waals surface area (Å²) >= 11 is 0. The second-order valence-electron chi connectivity index (χ2n) is 10.8. The van der Waals surface area contributed by atoms with E-state index in [-0.39, 0.29) is 6.10 Å². The third kappa shape index (κ3) is 8.40. The van der Waals surface area contributed by atoms with Crippen LogP contribution >= 0.6 is 0 Å². The fourth-order valence-corrected chi connectivity index (χ4v) is 5.08. The minimum Gasteiger partial charge on any atom is -0.487 e. The van der Waals surface area contributed by atoms with Gasteiger partial charge in [0.05, 0.1) is 33.0 Å². The predicted molar refractivity (Wildman–Crippen MR) is 164 cm³/mol. The van der Waals surface area contributed by atoms with Crippen LogP contribution in [-0.2, 0) is 50.1 Å². The van der Waals surface area contributed by atoms with E-state index < -0.39 is 18.3 Å². The van der Waals surface area contributed by atoms with Crippen LogP contribution in [0.3, 0.4) is 0 Å². The summed E-state index contributed by atoms with van der Waals surface area (Å²) in [6, 6.07) is 40.7. The Kier molecular flexibility index (Phi) is 11.0. The molecule has 1 fully saturated rings. The average molecular weight is 565 g/mol. The molecule has 0 aromatic heterocycles. The van der Waals surface area contributed by atoms with Crippen molar-refractivity contribution in [3.8, 4) is 0 Å². The Morgan fingerprint density at radius 1 is 0.524 bits per heavy atom. The lowest BCUT2D eigenvalue weighted by atomic mass is 9.95. The first kappa shape index (κ1) is 29.7.